The third-order valence-electron chi connectivity index (χ3n) is 4.21. The van der Waals surface area contributed by atoms with Crippen LogP contribution < -0.4 is 0 Å². The summed E-state index contributed by atoms with van der Waals surface area (Å²) in [5.41, 5.74) is -2.69. The summed E-state index contributed by atoms with van der Waals surface area (Å²) in [5, 5.41) is 3.85. The lowest BCUT2D eigenvalue weighted by molar-refractivity contribution is -0.137. The zero-order valence-corrected chi connectivity index (χ0v) is 16.4. The molecule has 0 amide bonds. The summed E-state index contributed by atoms with van der Waals surface area (Å²) >= 11 is 6.09. The standard InChI is InChI=1S/C20H14ClF3N2O4/c1-29-18(27)15-16(14-12(20(22,23)24)9-6-10-13(14)21)25-26(17(15)19(28)30-2)11-7-4-3-5-8-11/h3-10H,1-2H3. The Bertz CT molecular complexity index is 1110. The molecule has 3 aromatic rings. The molecular formula is C20H14ClF3N2O4. The normalized spacial score (nSPS) is 11.3. The molecular weight excluding hydrogens is 425 g/mol. The first-order valence-corrected chi connectivity index (χ1v) is 8.79. The third kappa shape index (κ3) is 3.76. The lowest BCUT2D eigenvalue weighted by Crippen LogP contribution is -2.15. The summed E-state index contributed by atoms with van der Waals surface area (Å²) in [6.45, 7) is 0. The topological polar surface area (TPSA) is 70.4 Å². The van der Waals surface area contributed by atoms with Crippen molar-refractivity contribution in [2.75, 3.05) is 14.2 Å². The van der Waals surface area contributed by atoms with Crippen LogP contribution in [0.4, 0.5) is 13.2 Å². The Balaban J connectivity index is 2.47. The van der Waals surface area contributed by atoms with Crippen molar-refractivity contribution in [2.24, 2.45) is 0 Å². The molecule has 0 aliphatic heterocycles. The number of rotatable bonds is 4. The van der Waals surface area contributed by atoms with Crippen LogP contribution in [0.2, 0.25) is 5.02 Å². The van der Waals surface area contributed by atoms with Crippen LogP contribution in [-0.4, -0.2) is 35.9 Å². The van der Waals surface area contributed by atoms with Crippen molar-refractivity contribution in [2.45, 2.75) is 6.18 Å². The maximum absolute atomic E-state index is 13.7. The minimum Gasteiger partial charge on any atom is -0.465 e. The Morgan fingerprint density at radius 1 is 0.967 bits per heavy atom. The Kier molecular flexibility index (Phi) is 5.84. The predicted octanol–water partition coefficient (Wildman–Crippen LogP) is 4.78. The van der Waals surface area contributed by atoms with Gasteiger partial charge in [0, 0.05) is 5.56 Å². The highest BCUT2D eigenvalue weighted by Crippen LogP contribution is 2.42. The number of para-hydroxylation sites is 1. The van der Waals surface area contributed by atoms with Crippen LogP contribution in [0.15, 0.2) is 48.5 Å². The zero-order valence-electron chi connectivity index (χ0n) is 15.7. The molecule has 0 unspecified atom stereocenters. The maximum atomic E-state index is 13.7. The van der Waals surface area contributed by atoms with Gasteiger partial charge in [-0.2, -0.15) is 18.3 Å². The molecule has 0 aliphatic carbocycles. The number of alkyl halides is 3. The van der Waals surface area contributed by atoms with Crippen LogP contribution in [0.25, 0.3) is 16.9 Å². The van der Waals surface area contributed by atoms with Gasteiger partial charge < -0.3 is 9.47 Å². The van der Waals surface area contributed by atoms with Crippen molar-refractivity contribution < 1.29 is 32.2 Å². The molecule has 0 atom stereocenters. The molecule has 0 radical (unpaired) electrons. The molecule has 0 N–H and O–H groups in total. The molecule has 3 rings (SSSR count). The monoisotopic (exact) mass is 438 g/mol. The number of hydrogen-bond acceptors (Lipinski definition) is 5. The van der Waals surface area contributed by atoms with Crippen LogP contribution in [-0.2, 0) is 15.7 Å². The molecule has 0 spiro atoms. The summed E-state index contributed by atoms with van der Waals surface area (Å²) < 4.78 is 51.5. The van der Waals surface area contributed by atoms with E-state index >= 15 is 0 Å². The second-order valence-corrected chi connectivity index (χ2v) is 6.37. The van der Waals surface area contributed by atoms with E-state index in [2.05, 4.69) is 5.10 Å². The van der Waals surface area contributed by atoms with Gasteiger partial charge in [-0.05, 0) is 24.3 Å². The number of benzene rings is 2. The number of nitrogens with zero attached hydrogens (tertiary/aromatic N) is 2. The van der Waals surface area contributed by atoms with E-state index in [9.17, 15) is 22.8 Å². The highest BCUT2D eigenvalue weighted by atomic mass is 35.5. The second kappa shape index (κ2) is 8.19. The molecule has 30 heavy (non-hydrogen) atoms. The van der Waals surface area contributed by atoms with Crippen molar-refractivity contribution in [3.63, 3.8) is 0 Å². The van der Waals surface area contributed by atoms with E-state index < -0.39 is 46.2 Å². The van der Waals surface area contributed by atoms with Crippen LogP contribution >= 0.6 is 11.6 Å². The smallest absolute Gasteiger partial charge is 0.417 e. The van der Waals surface area contributed by atoms with E-state index in [1.54, 1.807) is 30.3 Å². The molecule has 10 heteroatoms. The summed E-state index contributed by atoms with van der Waals surface area (Å²) in [4.78, 5) is 25.1. The molecule has 1 heterocycles. The minimum atomic E-state index is -4.80. The first kappa shape index (κ1) is 21.4. The fourth-order valence-electron chi connectivity index (χ4n) is 2.93. The van der Waals surface area contributed by atoms with Crippen molar-refractivity contribution in [1.29, 1.82) is 0 Å². The highest BCUT2D eigenvalue weighted by Gasteiger charge is 2.39. The van der Waals surface area contributed by atoms with Gasteiger partial charge in [-0.3, -0.25) is 0 Å². The molecule has 1 aromatic heterocycles. The number of esters is 2. The van der Waals surface area contributed by atoms with Gasteiger partial charge in [0.2, 0.25) is 0 Å². The molecule has 0 saturated carbocycles. The number of halogens is 4. The summed E-state index contributed by atoms with van der Waals surface area (Å²) in [5.74, 6) is -2.06. The molecule has 0 aliphatic rings. The van der Waals surface area contributed by atoms with Crippen LogP contribution in [0.5, 0.6) is 0 Å². The summed E-state index contributed by atoms with van der Waals surface area (Å²) in [7, 11) is 2.10. The molecule has 156 valence electrons. The maximum Gasteiger partial charge on any atom is 0.417 e. The number of carbonyl (C=O) groups is 2. The Labute approximate surface area is 173 Å². The zero-order chi connectivity index (χ0) is 22.1. The average Bonchev–Trinajstić information content (AvgIpc) is 3.12. The van der Waals surface area contributed by atoms with Gasteiger partial charge in [-0.25, -0.2) is 14.3 Å². The van der Waals surface area contributed by atoms with Crippen molar-refractivity contribution in [3.8, 4) is 16.9 Å². The Morgan fingerprint density at radius 2 is 1.60 bits per heavy atom. The van der Waals surface area contributed by atoms with E-state index in [0.717, 1.165) is 31.0 Å². The number of ether oxygens (including phenoxy) is 2. The lowest BCUT2D eigenvalue weighted by Gasteiger charge is -2.13. The predicted molar refractivity (Wildman–Crippen MR) is 102 cm³/mol. The number of hydrogen-bond donors (Lipinski definition) is 0. The molecule has 6 nitrogen and oxygen atoms in total. The van der Waals surface area contributed by atoms with Gasteiger partial charge in [-0.15, -0.1) is 0 Å². The number of methoxy groups -OCH3 is 2. The van der Waals surface area contributed by atoms with Crippen LogP contribution in [0.1, 0.15) is 26.4 Å². The van der Waals surface area contributed by atoms with Crippen LogP contribution in [0, 0.1) is 0 Å². The average molecular weight is 439 g/mol. The third-order valence-corrected chi connectivity index (χ3v) is 4.53. The first-order chi connectivity index (χ1) is 14.2. The van der Waals surface area contributed by atoms with Crippen molar-refractivity contribution in [3.05, 3.63) is 70.4 Å². The molecule has 2 aromatic carbocycles. The van der Waals surface area contributed by atoms with Gasteiger partial charge in [0.25, 0.3) is 0 Å². The second-order valence-electron chi connectivity index (χ2n) is 5.96. The molecule has 0 fully saturated rings. The Morgan fingerprint density at radius 3 is 2.17 bits per heavy atom. The Hall–Kier alpha value is -3.33. The molecule has 0 saturated heterocycles. The van der Waals surface area contributed by atoms with E-state index in [4.69, 9.17) is 21.1 Å². The highest BCUT2D eigenvalue weighted by molar-refractivity contribution is 6.33. The number of carbonyl (C=O) groups excluding carboxylic acids is 2. The summed E-state index contributed by atoms with van der Waals surface area (Å²) in [6.07, 6.45) is -4.80. The van der Waals surface area contributed by atoms with Gasteiger partial charge in [0.15, 0.2) is 5.69 Å². The van der Waals surface area contributed by atoms with Gasteiger partial charge >= 0.3 is 18.1 Å². The van der Waals surface area contributed by atoms with E-state index in [1.807, 2.05) is 0 Å². The molecule has 0 bridgehead atoms. The summed E-state index contributed by atoms with van der Waals surface area (Å²) in [6, 6.07) is 11.2. The number of aromatic nitrogens is 2. The van der Waals surface area contributed by atoms with E-state index in [-0.39, 0.29) is 5.02 Å². The minimum absolute atomic E-state index is 0.302. The lowest BCUT2D eigenvalue weighted by atomic mass is 9.99. The fourth-order valence-corrected chi connectivity index (χ4v) is 3.19. The van der Waals surface area contributed by atoms with Crippen LogP contribution in [0.3, 0.4) is 0 Å². The SMILES string of the molecule is COC(=O)c1c(-c2c(Cl)cccc2C(F)(F)F)nn(-c2ccccc2)c1C(=O)OC. The van der Waals surface area contributed by atoms with Gasteiger partial charge in [0.05, 0.1) is 30.5 Å². The van der Waals surface area contributed by atoms with E-state index in [1.165, 1.54) is 6.07 Å². The quantitative estimate of drug-likeness (QED) is 0.548. The van der Waals surface area contributed by atoms with Crippen molar-refractivity contribution in [1.82, 2.24) is 9.78 Å². The van der Waals surface area contributed by atoms with Gasteiger partial charge in [-0.1, -0.05) is 35.9 Å². The van der Waals surface area contributed by atoms with E-state index in [0.29, 0.717) is 5.69 Å². The fraction of sp³-hybridized carbons (Fsp3) is 0.150. The van der Waals surface area contributed by atoms with Crippen molar-refractivity contribution >= 4 is 23.5 Å². The first-order valence-electron chi connectivity index (χ1n) is 8.41. The largest absolute Gasteiger partial charge is 0.465 e. The van der Waals surface area contributed by atoms with Gasteiger partial charge in [0.1, 0.15) is 11.3 Å².